The summed E-state index contributed by atoms with van der Waals surface area (Å²) in [5.74, 6) is -3.70. The molecule has 3 N–H and O–H groups in total. The number of rotatable bonds is 12. The van der Waals surface area contributed by atoms with E-state index in [4.69, 9.17) is 13.7 Å². The van der Waals surface area contributed by atoms with Gasteiger partial charge in [0, 0.05) is 23.8 Å². The zero-order valence-corrected chi connectivity index (χ0v) is 30.9. The number of para-hydroxylation sites is 1. The quantitative estimate of drug-likeness (QED) is 0.263. The Labute approximate surface area is 310 Å². The number of nitrogens with one attached hydrogen (secondary N) is 3. The fourth-order valence-corrected chi connectivity index (χ4v) is 8.03. The van der Waals surface area contributed by atoms with E-state index in [9.17, 15) is 40.8 Å². The summed E-state index contributed by atoms with van der Waals surface area (Å²) >= 11 is 0. The lowest BCUT2D eigenvalue weighted by atomic mass is 9.85. The van der Waals surface area contributed by atoms with Crippen LogP contribution in [-0.2, 0) is 39.8 Å². The number of carbonyl (C=O) groups excluding carboxylic acids is 4. The van der Waals surface area contributed by atoms with Crippen molar-refractivity contribution in [1.82, 2.24) is 25.2 Å². The third kappa shape index (κ3) is 8.74. The number of nitrogens with zero attached hydrogens (tertiary/aromatic N) is 2. The number of fused-ring (bicyclic) bond motifs is 1. The number of likely N-dealkylation sites (tertiary alicyclic amines) is 1. The first-order valence-corrected chi connectivity index (χ1v) is 19.3. The van der Waals surface area contributed by atoms with Crippen LogP contribution in [0.1, 0.15) is 77.7 Å². The fourth-order valence-electron chi connectivity index (χ4n) is 7.02. The molecule has 3 aliphatic carbocycles. The number of benzene rings is 1. The normalized spacial score (nSPS) is 25.1. The van der Waals surface area contributed by atoms with Crippen molar-refractivity contribution in [3.8, 4) is 5.88 Å². The van der Waals surface area contributed by atoms with E-state index >= 15 is 0 Å². The van der Waals surface area contributed by atoms with Gasteiger partial charge in [0.2, 0.25) is 17.7 Å². The van der Waals surface area contributed by atoms with Gasteiger partial charge in [0.1, 0.15) is 29.8 Å². The molecule has 0 bridgehead atoms. The van der Waals surface area contributed by atoms with Gasteiger partial charge >= 0.3 is 22.6 Å². The maximum Gasteiger partial charge on any atom is 0.417 e. The van der Waals surface area contributed by atoms with E-state index in [-0.39, 0.29) is 36.4 Å². The van der Waals surface area contributed by atoms with Crippen molar-refractivity contribution >= 4 is 45.0 Å². The largest absolute Gasteiger partial charge is 0.472 e. The van der Waals surface area contributed by atoms with Gasteiger partial charge in [-0.15, -0.1) is 6.58 Å². The van der Waals surface area contributed by atoms with E-state index in [1.807, 2.05) is 4.72 Å². The van der Waals surface area contributed by atoms with Crippen molar-refractivity contribution < 1.29 is 54.4 Å². The molecule has 2 aromatic rings. The van der Waals surface area contributed by atoms with E-state index < -0.39 is 92.9 Å². The zero-order chi connectivity index (χ0) is 39.2. The Morgan fingerprint density at radius 1 is 1.04 bits per heavy atom. The van der Waals surface area contributed by atoms with Gasteiger partial charge in [0.25, 0.3) is 5.91 Å². The van der Waals surface area contributed by atoms with Crippen LogP contribution in [-0.4, -0.2) is 84.6 Å². The number of halogens is 3. The van der Waals surface area contributed by atoms with Crippen LogP contribution in [0.25, 0.3) is 10.9 Å². The topological polar surface area (TPSA) is 182 Å². The summed E-state index contributed by atoms with van der Waals surface area (Å²) in [5, 5.41) is 5.13. The first kappa shape index (κ1) is 39.2. The molecule has 18 heteroatoms. The first-order valence-electron chi connectivity index (χ1n) is 17.9. The summed E-state index contributed by atoms with van der Waals surface area (Å²) in [4.78, 5) is 60.4. The molecule has 0 spiro atoms. The highest BCUT2D eigenvalue weighted by Crippen LogP contribution is 2.45. The van der Waals surface area contributed by atoms with Crippen molar-refractivity contribution in [3.05, 3.63) is 48.6 Å². The molecular formula is C36H44F3N5O9S. The Kier molecular flexibility index (Phi) is 10.7. The molecule has 4 aliphatic rings. The maximum atomic E-state index is 14.4. The van der Waals surface area contributed by atoms with Crippen molar-refractivity contribution in [2.24, 2.45) is 11.3 Å². The van der Waals surface area contributed by atoms with Crippen LogP contribution in [0, 0.1) is 11.3 Å². The molecule has 4 amide bonds. The number of hydrogen-bond acceptors (Lipinski definition) is 10. The average Bonchev–Trinajstić information content (AvgIpc) is 3.91. The minimum absolute atomic E-state index is 0.00593. The Hall–Kier alpha value is -4.45. The van der Waals surface area contributed by atoms with Crippen LogP contribution in [0.2, 0.25) is 0 Å². The molecule has 2 heterocycles. The van der Waals surface area contributed by atoms with Gasteiger partial charge in [-0.3, -0.25) is 18.6 Å². The van der Waals surface area contributed by atoms with E-state index in [1.165, 1.54) is 30.3 Å². The van der Waals surface area contributed by atoms with E-state index in [0.717, 1.165) is 23.8 Å². The Bertz CT molecular complexity index is 1930. The molecule has 4 fully saturated rings. The Balaban J connectivity index is 1.28. The highest BCUT2D eigenvalue weighted by Gasteiger charge is 2.62. The van der Waals surface area contributed by atoms with Crippen LogP contribution in [0.4, 0.5) is 18.0 Å². The van der Waals surface area contributed by atoms with Crippen molar-refractivity contribution in [2.75, 3.05) is 6.54 Å². The highest BCUT2D eigenvalue weighted by molar-refractivity contribution is 7.85. The van der Waals surface area contributed by atoms with Crippen LogP contribution >= 0.6 is 0 Å². The van der Waals surface area contributed by atoms with Gasteiger partial charge < -0.3 is 25.0 Å². The number of hydrogen-bond donors (Lipinski definition) is 3. The zero-order valence-electron chi connectivity index (χ0n) is 30.1. The lowest BCUT2D eigenvalue weighted by molar-refractivity contribution is -0.143. The van der Waals surface area contributed by atoms with E-state index in [2.05, 4.69) is 22.2 Å². The number of carbonyl (C=O) groups is 4. The van der Waals surface area contributed by atoms with Gasteiger partial charge in [-0.05, 0) is 56.4 Å². The molecule has 54 heavy (non-hydrogen) atoms. The standard InChI is InChI=1S/C36H44F3N5O9S/c1-5-20-18-35(20,32(47)43-54(49,50)53-22-14-15-22)42-30(45)27-16-23(51-28-17-25(36(37,38)39)24-12-8-9-13-26(24)40-28)19-44(27)31(46)29(34(2,3)4)41-33(48)52-21-10-6-7-11-21/h5,8-9,12-13,17,20-23,27,29H,1,6-7,10-11,14-16,18-19H2,2-4H3,(H,41,48)(H,42,45)(H,43,47)/t20-,23-,27+,29-,35-/m1/s1. The lowest BCUT2D eigenvalue weighted by Crippen LogP contribution is -2.60. The van der Waals surface area contributed by atoms with Crippen molar-refractivity contribution in [2.45, 2.75) is 114 Å². The molecule has 294 valence electrons. The highest BCUT2D eigenvalue weighted by atomic mass is 32.2. The predicted molar refractivity (Wildman–Crippen MR) is 187 cm³/mol. The molecule has 3 saturated carbocycles. The summed E-state index contributed by atoms with van der Waals surface area (Å²) in [6.07, 6.45) is -2.19. The maximum absolute atomic E-state index is 14.4. The number of alkyl carbamates (subject to hydrolysis) is 1. The van der Waals surface area contributed by atoms with Gasteiger partial charge in [0.05, 0.1) is 23.7 Å². The molecule has 6 rings (SSSR count). The number of pyridine rings is 1. The summed E-state index contributed by atoms with van der Waals surface area (Å²) in [6.45, 7) is 8.47. The van der Waals surface area contributed by atoms with Crippen LogP contribution in [0.15, 0.2) is 43.0 Å². The summed E-state index contributed by atoms with van der Waals surface area (Å²) in [5.41, 5.74) is -3.65. The summed E-state index contributed by atoms with van der Waals surface area (Å²) < 4.78 is 85.7. The SMILES string of the molecule is C=C[C@@H]1C[C@]1(NC(=O)[C@@H]1C[C@@H](Oc2cc(C(F)(F)F)c3ccccc3n2)CN1C(=O)[C@@H](NC(=O)OC1CCCC1)C(C)(C)C)C(=O)NS(=O)(=O)OC1CC1. The number of ether oxygens (including phenoxy) is 2. The minimum atomic E-state index is -4.75. The molecular weight excluding hydrogens is 735 g/mol. The molecule has 1 saturated heterocycles. The molecule has 5 atom stereocenters. The van der Waals surface area contributed by atoms with E-state index in [1.54, 1.807) is 20.8 Å². The monoisotopic (exact) mass is 779 g/mol. The Morgan fingerprint density at radius 3 is 2.33 bits per heavy atom. The van der Waals surface area contributed by atoms with Gasteiger partial charge in [-0.1, -0.05) is 45.0 Å². The van der Waals surface area contributed by atoms with Crippen LogP contribution < -0.4 is 20.1 Å². The number of aromatic nitrogens is 1. The van der Waals surface area contributed by atoms with Crippen molar-refractivity contribution in [3.63, 3.8) is 0 Å². The molecule has 14 nitrogen and oxygen atoms in total. The molecule has 0 radical (unpaired) electrons. The first-order chi connectivity index (χ1) is 25.3. The van der Waals surface area contributed by atoms with Gasteiger partial charge in [-0.25, -0.2) is 14.5 Å². The van der Waals surface area contributed by atoms with Gasteiger partial charge in [-0.2, -0.15) is 21.6 Å². The van der Waals surface area contributed by atoms with E-state index in [0.29, 0.717) is 25.7 Å². The second-order valence-corrected chi connectivity index (χ2v) is 16.8. The second-order valence-electron chi connectivity index (χ2n) is 15.4. The summed E-state index contributed by atoms with van der Waals surface area (Å²) in [6, 6.07) is 3.80. The fraction of sp³-hybridized carbons (Fsp3) is 0.583. The molecule has 0 unspecified atom stereocenters. The number of amides is 4. The average molecular weight is 780 g/mol. The molecule has 1 aromatic heterocycles. The Morgan fingerprint density at radius 2 is 1.72 bits per heavy atom. The van der Waals surface area contributed by atoms with Crippen molar-refractivity contribution in [1.29, 1.82) is 0 Å². The smallest absolute Gasteiger partial charge is 0.417 e. The van der Waals surface area contributed by atoms with Crippen LogP contribution in [0.3, 0.4) is 0 Å². The third-order valence-corrected chi connectivity index (χ3v) is 11.1. The summed E-state index contributed by atoms with van der Waals surface area (Å²) in [7, 11) is -4.50. The predicted octanol–water partition coefficient (Wildman–Crippen LogP) is 4.29. The minimum Gasteiger partial charge on any atom is -0.472 e. The van der Waals surface area contributed by atoms with Gasteiger partial charge in [0.15, 0.2) is 0 Å². The van der Waals surface area contributed by atoms with Crippen LogP contribution in [0.5, 0.6) is 5.88 Å². The second kappa shape index (κ2) is 14.7. The number of alkyl halides is 3. The lowest BCUT2D eigenvalue weighted by Gasteiger charge is -2.35. The molecule has 1 aliphatic heterocycles. The molecule has 1 aromatic carbocycles. The third-order valence-electron chi connectivity index (χ3n) is 10.1.